The van der Waals surface area contributed by atoms with Gasteiger partial charge < -0.3 is 4.98 Å². The monoisotopic (exact) mass is 436 g/mol. The van der Waals surface area contributed by atoms with Gasteiger partial charge in [0, 0.05) is 28.7 Å². The number of pyridine rings is 3. The summed E-state index contributed by atoms with van der Waals surface area (Å²) >= 11 is 1.45. The van der Waals surface area contributed by atoms with Gasteiger partial charge in [0.25, 0.3) is 0 Å². The number of nitrogens with one attached hydrogen (secondary N) is 2. The highest BCUT2D eigenvalue weighted by Gasteiger charge is 2.16. The van der Waals surface area contributed by atoms with Crippen LogP contribution in [0.1, 0.15) is 16.6 Å². The van der Waals surface area contributed by atoms with Gasteiger partial charge in [-0.25, -0.2) is 0 Å². The largest absolute Gasteiger partial charge is 0.353 e. The van der Waals surface area contributed by atoms with Gasteiger partial charge in [0.05, 0.1) is 44.2 Å². The van der Waals surface area contributed by atoms with Gasteiger partial charge in [-0.3, -0.25) is 24.8 Å². The van der Waals surface area contributed by atoms with Crippen LogP contribution in [0.15, 0.2) is 67.1 Å². The van der Waals surface area contributed by atoms with Crippen LogP contribution in [0.4, 0.5) is 0 Å². The standard InChI is InChI=1S/C24H16N6OS/c1-13(31)21-5-6-22(32-21)24-14-11-19(28-16(14)7-9-26-24)23-15-10-18(17-4-2-3-8-25-17)27-12-20(15)29-30-23/h2-12,28H,1H3,(H,29,30). The Bertz CT molecular complexity index is 1610. The molecule has 0 spiro atoms. The molecule has 0 aliphatic heterocycles. The van der Waals surface area contributed by atoms with Crippen molar-refractivity contribution >= 4 is 38.9 Å². The van der Waals surface area contributed by atoms with Crippen molar-refractivity contribution in [1.82, 2.24) is 30.1 Å². The zero-order valence-electron chi connectivity index (χ0n) is 17.0. The van der Waals surface area contributed by atoms with Crippen molar-refractivity contribution in [2.75, 3.05) is 0 Å². The van der Waals surface area contributed by atoms with E-state index in [4.69, 9.17) is 0 Å². The molecule has 0 fully saturated rings. The Labute approximate surface area is 186 Å². The number of aromatic amines is 2. The fraction of sp³-hybridized carbons (Fsp3) is 0.0417. The number of carbonyl (C=O) groups is 1. The lowest BCUT2D eigenvalue weighted by atomic mass is 10.1. The first kappa shape index (κ1) is 18.6. The van der Waals surface area contributed by atoms with E-state index in [1.54, 1.807) is 25.5 Å². The molecule has 0 aromatic carbocycles. The quantitative estimate of drug-likeness (QED) is 0.356. The van der Waals surface area contributed by atoms with Crippen molar-refractivity contribution in [2.45, 2.75) is 6.92 Å². The van der Waals surface area contributed by atoms with Crippen LogP contribution in [0, 0.1) is 0 Å². The molecule has 0 saturated carbocycles. The minimum Gasteiger partial charge on any atom is -0.353 e. The maximum absolute atomic E-state index is 11.7. The molecule has 154 valence electrons. The van der Waals surface area contributed by atoms with E-state index >= 15 is 0 Å². The Morgan fingerprint density at radius 1 is 0.875 bits per heavy atom. The zero-order valence-corrected chi connectivity index (χ0v) is 17.8. The first-order chi connectivity index (χ1) is 15.7. The lowest BCUT2D eigenvalue weighted by Gasteiger charge is -2.00. The number of Topliss-reactive ketones (excluding diaryl/α,β-unsaturated/α-hetero) is 1. The van der Waals surface area contributed by atoms with Crippen molar-refractivity contribution in [3.63, 3.8) is 0 Å². The first-order valence-electron chi connectivity index (χ1n) is 10.0. The summed E-state index contributed by atoms with van der Waals surface area (Å²) in [5.74, 6) is 0.0588. The number of rotatable bonds is 4. The Morgan fingerprint density at radius 2 is 1.78 bits per heavy atom. The Kier molecular flexibility index (Phi) is 4.19. The van der Waals surface area contributed by atoms with Crippen molar-refractivity contribution in [3.05, 3.63) is 72.0 Å². The van der Waals surface area contributed by atoms with Gasteiger partial charge in [0.15, 0.2) is 5.78 Å². The fourth-order valence-corrected chi connectivity index (χ4v) is 4.72. The molecule has 0 saturated heterocycles. The summed E-state index contributed by atoms with van der Waals surface area (Å²) in [6.45, 7) is 1.58. The SMILES string of the molecule is CC(=O)c1ccc(-c2nccc3[nH]c(-c4n[nH]c5cnc(-c6ccccn6)cc45)cc23)s1. The number of fused-ring (bicyclic) bond motifs is 2. The number of H-pyrrole nitrogens is 2. The number of thiophene rings is 1. The van der Waals surface area contributed by atoms with Crippen LogP contribution in [-0.4, -0.2) is 35.9 Å². The molecule has 6 rings (SSSR count). The van der Waals surface area contributed by atoms with Crippen molar-refractivity contribution in [3.8, 4) is 33.3 Å². The molecule has 0 bridgehead atoms. The average Bonchev–Trinajstić information content (AvgIpc) is 3.56. The highest BCUT2D eigenvalue weighted by Crippen LogP contribution is 2.36. The van der Waals surface area contributed by atoms with Gasteiger partial charge in [0.2, 0.25) is 0 Å². The van der Waals surface area contributed by atoms with Crippen LogP contribution in [-0.2, 0) is 0 Å². The van der Waals surface area contributed by atoms with Gasteiger partial charge in [0.1, 0.15) is 5.69 Å². The Balaban J connectivity index is 1.49. The van der Waals surface area contributed by atoms with E-state index in [0.29, 0.717) is 0 Å². The first-order valence-corrected chi connectivity index (χ1v) is 10.8. The lowest BCUT2D eigenvalue weighted by Crippen LogP contribution is -1.86. The third-order valence-electron chi connectivity index (χ3n) is 5.36. The number of nitrogens with zero attached hydrogens (tertiary/aromatic N) is 4. The molecule has 2 N–H and O–H groups in total. The van der Waals surface area contributed by atoms with E-state index in [-0.39, 0.29) is 5.78 Å². The number of carbonyl (C=O) groups excluding carboxylic acids is 1. The topological polar surface area (TPSA) is 100 Å². The second-order valence-electron chi connectivity index (χ2n) is 7.43. The molecule has 6 aromatic rings. The average molecular weight is 437 g/mol. The number of aromatic nitrogens is 6. The molecular formula is C24H16N6OS. The number of ketones is 1. The fourth-order valence-electron chi connectivity index (χ4n) is 3.81. The molecule has 0 unspecified atom stereocenters. The summed E-state index contributed by atoms with van der Waals surface area (Å²) in [7, 11) is 0. The van der Waals surface area contributed by atoms with Crippen LogP contribution in [0.5, 0.6) is 0 Å². The van der Waals surface area contributed by atoms with Crippen molar-refractivity contribution in [1.29, 1.82) is 0 Å². The smallest absolute Gasteiger partial charge is 0.169 e. The summed E-state index contributed by atoms with van der Waals surface area (Å²) in [4.78, 5) is 30.4. The van der Waals surface area contributed by atoms with E-state index < -0.39 is 0 Å². The van der Waals surface area contributed by atoms with Gasteiger partial charge in [-0.05, 0) is 49.4 Å². The Morgan fingerprint density at radius 3 is 2.59 bits per heavy atom. The summed E-state index contributed by atoms with van der Waals surface area (Å²) in [6.07, 6.45) is 5.31. The summed E-state index contributed by atoms with van der Waals surface area (Å²) in [5, 5.41) is 9.55. The van der Waals surface area contributed by atoms with E-state index in [1.807, 2.05) is 42.5 Å². The molecule has 6 aromatic heterocycles. The third kappa shape index (κ3) is 3.00. The van der Waals surface area contributed by atoms with Gasteiger partial charge >= 0.3 is 0 Å². The summed E-state index contributed by atoms with van der Waals surface area (Å²) in [6, 6.07) is 15.6. The molecular weight excluding hydrogens is 420 g/mol. The minimum atomic E-state index is 0.0588. The maximum Gasteiger partial charge on any atom is 0.169 e. The molecule has 0 atom stereocenters. The van der Waals surface area contributed by atoms with Crippen LogP contribution in [0.25, 0.3) is 55.2 Å². The highest BCUT2D eigenvalue weighted by molar-refractivity contribution is 7.17. The molecule has 32 heavy (non-hydrogen) atoms. The van der Waals surface area contributed by atoms with Crippen molar-refractivity contribution in [2.24, 2.45) is 0 Å². The predicted octanol–water partition coefficient (Wildman–Crippen LogP) is 5.49. The van der Waals surface area contributed by atoms with E-state index in [2.05, 4.69) is 36.2 Å². The molecule has 0 radical (unpaired) electrons. The molecule has 0 amide bonds. The lowest BCUT2D eigenvalue weighted by molar-refractivity contribution is 0.102. The summed E-state index contributed by atoms with van der Waals surface area (Å²) < 4.78 is 0. The van der Waals surface area contributed by atoms with Crippen LogP contribution < -0.4 is 0 Å². The second kappa shape index (κ2) is 7.21. The van der Waals surface area contributed by atoms with Gasteiger partial charge in [-0.2, -0.15) is 5.10 Å². The van der Waals surface area contributed by atoms with Gasteiger partial charge in [-0.15, -0.1) is 11.3 Å². The van der Waals surface area contributed by atoms with Crippen LogP contribution in [0.3, 0.4) is 0 Å². The van der Waals surface area contributed by atoms with Crippen LogP contribution >= 0.6 is 11.3 Å². The molecule has 8 heteroatoms. The second-order valence-corrected chi connectivity index (χ2v) is 8.51. The van der Waals surface area contributed by atoms with E-state index in [9.17, 15) is 4.79 Å². The van der Waals surface area contributed by atoms with E-state index in [1.165, 1.54) is 11.3 Å². The third-order valence-corrected chi connectivity index (χ3v) is 6.56. The maximum atomic E-state index is 11.7. The number of hydrogen-bond acceptors (Lipinski definition) is 6. The normalized spacial score (nSPS) is 11.4. The highest BCUT2D eigenvalue weighted by atomic mass is 32.1. The molecule has 0 aliphatic rings. The van der Waals surface area contributed by atoms with Gasteiger partial charge in [-0.1, -0.05) is 6.07 Å². The number of hydrogen-bond donors (Lipinski definition) is 2. The zero-order chi connectivity index (χ0) is 21.7. The predicted molar refractivity (Wildman–Crippen MR) is 126 cm³/mol. The Hall–Kier alpha value is -4.17. The minimum absolute atomic E-state index is 0.0588. The molecule has 7 nitrogen and oxygen atoms in total. The molecule has 6 heterocycles. The van der Waals surface area contributed by atoms with Crippen LogP contribution in [0.2, 0.25) is 0 Å². The molecule has 0 aliphatic carbocycles. The van der Waals surface area contributed by atoms with Crippen molar-refractivity contribution < 1.29 is 4.79 Å². The summed E-state index contributed by atoms with van der Waals surface area (Å²) in [5.41, 5.74) is 5.93. The van der Waals surface area contributed by atoms with E-state index in [0.717, 1.165) is 60.0 Å².